The highest BCUT2D eigenvalue weighted by Crippen LogP contribution is 2.22. The van der Waals surface area contributed by atoms with Gasteiger partial charge in [0.25, 0.3) is 0 Å². The van der Waals surface area contributed by atoms with Gasteiger partial charge in [0.05, 0.1) is 11.4 Å². The number of hydrogen-bond acceptors (Lipinski definition) is 7. The summed E-state index contributed by atoms with van der Waals surface area (Å²) in [5, 5.41) is 14.9. The van der Waals surface area contributed by atoms with Crippen LogP contribution >= 0.6 is 11.3 Å². The number of benzene rings is 1. The molecule has 3 rings (SSSR count). The molecular weight excluding hydrogens is 358 g/mol. The zero-order valence-corrected chi connectivity index (χ0v) is 15.4. The smallest absolute Gasteiger partial charge is 0.241 e. The molecule has 1 aliphatic rings. The molecule has 132 valence electrons. The number of aryl methyl sites for hydroxylation is 1. The van der Waals surface area contributed by atoms with Gasteiger partial charge >= 0.3 is 0 Å². The molecule has 1 aromatic heterocycles. The van der Waals surface area contributed by atoms with Crippen LogP contribution in [-0.4, -0.2) is 37.4 Å². The lowest BCUT2D eigenvalue weighted by Crippen LogP contribution is -2.36. The summed E-state index contributed by atoms with van der Waals surface area (Å²) in [6.07, 6.45) is 4.43. The molecule has 0 amide bonds. The Labute approximate surface area is 151 Å². The lowest BCUT2D eigenvalue weighted by atomic mass is 10.2. The van der Waals surface area contributed by atoms with Crippen LogP contribution in [0.5, 0.6) is 0 Å². The van der Waals surface area contributed by atoms with Crippen LogP contribution in [0.15, 0.2) is 34.7 Å². The molecule has 2 aromatic rings. The minimum Gasteiger partial charge on any atom is -0.378 e. The predicted octanol–water partition coefficient (Wildman–Crippen LogP) is 1.90. The molecular formula is C16H19N5O2S2. The van der Waals surface area contributed by atoms with Crippen LogP contribution in [0.1, 0.15) is 17.0 Å². The Morgan fingerprint density at radius 1 is 1.48 bits per heavy atom. The Balaban J connectivity index is 1.73. The summed E-state index contributed by atoms with van der Waals surface area (Å²) in [6, 6.07) is 5.04. The number of hydrogen-bond donors (Lipinski definition) is 2. The fraction of sp³-hybridized carbons (Fsp3) is 0.375. The van der Waals surface area contributed by atoms with E-state index >= 15 is 0 Å². The summed E-state index contributed by atoms with van der Waals surface area (Å²) in [4.78, 5) is 6.02. The fourth-order valence-corrected chi connectivity index (χ4v) is 4.84. The van der Waals surface area contributed by atoms with Gasteiger partial charge in [0, 0.05) is 36.4 Å². The van der Waals surface area contributed by atoms with Crippen LogP contribution in [0.3, 0.4) is 0 Å². The Morgan fingerprint density at radius 2 is 2.32 bits per heavy atom. The number of thiazole rings is 1. The number of nitrogens with zero attached hydrogens (tertiary/aromatic N) is 3. The minimum absolute atomic E-state index is 0.240. The van der Waals surface area contributed by atoms with Crippen LogP contribution in [0.4, 0.5) is 5.69 Å². The van der Waals surface area contributed by atoms with Gasteiger partial charge in [-0.1, -0.05) is 6.07 Å². The summed E-state index contributed by atoms with van der Waals surface area (Å²) >= 11 is 1.54. The van der Waals surface area contributed by atoms with Gasteiger partial charge in [-0.3, -0.25) is 0 Å². The molecule has 1 aliphatic heterocycles. The maximum atomic E-state index is 12.7. The molecule has 0 saturated carbocycles. The van der Waals surface area contributed by atoms with Crippen molar-refractivity contribution in [3.63, 3.8) is 0 Å². The molecule has 0 aliphatic carbocycles. The first kappa shape index (κ1) is 17.7. The lowest BCUT2D eigenvalue weighted by molar-refractivity contribution is 0.470. The number of likely N-dealkylation sites (tertiary alicyclic amines) is 1. The third-order valence-electron chi connectivity index (χ3n) is 4.06. The van der Waals surface area contributed by atoms with Crippen LogP contribution in [0.2, 0.25) is 0 Å². The van der Waals surface area contributed by atoms with Gasteiger partial charge in [-0.2, -0.15) is 5.26 Å². The first-order valence-corrected chi connectivity index (χ1v) is 10.2. The molecule has 1 fully saturated rings. The van der Waals surface area contributed by atoms with E-state index in [2.05, 4.69) is 21.2 Å². The normalized spacial score (nSPS) is 17.4. The molecule has 7 nitrogen and oxygen atoms in total. The number of nitrogens with one attached hydrogen (secondary N) is 2. The standard InChI is InChI=1S/C16H19N5O2S2/c1-12-2-3-13(19-9-16-18-5-7-24-16)8-15(12)25(22,23)20-14-4-6-21(10-14)11-17/h2-3,5,7-8,14,19-20H,4,6,9-10H2,1H3. The van der Waals surface area contributed by atoms with E-state index in [4.69, 9.17) is 5.26 Å². The number of aromatic nitrogens is 1. The van der Waals surface area contributed by atoms with E-state index in [0.29, 0.717) is 31.6 Å². The van der Waals surface area contributed by atoms with Gasteiger partial charge in [-0.05, 0) is 31.0 Å². The second kappa shape index (κ2) is 7.39. The van der Waals surface area contributed by atoms with Gasteiger partial charge in [-0.25, -0.2) is 18.1 Å². The molecule has 0 bridgehead atoms. The van der Waals surface area contributed by atoms with Crippen LogP contribution in [0.25, 0.3) is 0 Å². The van der Waals surface area contributed by atoms with Crippen molar-refractivity contribution in [2.24, 2.45) is 0 Å². The van der Waals surface area contributed by atoms with Gasteiger partial charge in [0.15, 0.2) is 6.19 Å². The van der Waals surface area contributed by atoms with Gasteiger partial charge < -0.3 is 10.2 Å². The fourth-order valence-electron chi connectivity index (χ4n) is 2.75. The molecule has 25 heavy (non-hydrogen) atoms. The molecule has 0 radical (unpaired) electrons. The SMILES string of the molecule is Cc1ccc(NCc2nccs2)cc1S(=O)(=O)NC1CCN(C#N)C1. The maximum Gasteiger partial charge on any atom is 0.241 e. The van der Waals surface area contributed by atoms with Gasteiger partial charge in [-0.15, -0.1) is 11.3 Å². The van der Waals surface area contributed by atoms with Crippen molar-refractivity contribution < 1.29 is 8.42 Å². The van der Waals surface area contributed by atoms with E-state index in [1.54, 1.807) is 41.5 Å². The molecule has 1 saturated heterocycles. The van der Waals surface area contributed by atoms with E-state index in [-0.39, 0.29) is 10.9 Å². The first-order valence-electron chi connectivity index (χ1n) is 7.88. The molecule has 1 unspecified atom stereocenters. The van der Waals surface area contributed by atoms with E-state index < -0.39 is 10.0 Å². The zero-order valence-electron chi connectivity index (χ0n) is 13.8. The molecule has 0 spiro atoms. The van der Waals surface area contributed by atoms with Gasteiger partial charge in [0.1, 0.15) is 5.01 Å². The van der Waals surface area contributed by atoms with Gasteiger partial charge in [0.2, 0.25) is 10.0 Å². The second-order valence-corrected chi connectivity index (χ2v) is 8.57. The quantitative estimate of drug-likeness (QED) is 0.746. The molecule has 2 N–H and O–H groups in total. The molecule has 2 heterocycles. The predicted molar refractivity (Wildman–Crippen MR) is 96.5 cm³/mol. The summed E-state index contributed by atoms with van der Waals surface area (Å²) < 4.78 is 28.2. The minimum atomic E-state index is -3.64. The highest BCUT2D eigenvalue weighted by Gasteiger charge is 2.27. The highest BCUT2D eigenvalue weighted by molar-refractivity contribution is 7.89. The third kappa shape index (κ3) is 4.28. The largest absolute Gasteiger partial charge is 0.378 e. The summed E-state index contributed by atoms with van der Waals surface area (Å²) in [5.41, 5.74) is 1.41. The van der Waals surface area contributed by atoms with Crippen molar-refractivity contribution >= 4 is 27.0 Å². The van der Waals surface area contributed by atoms with E-state index in [0.717, 1.165) is 10.7 Å². The average molecular weight is 377 g/mol. The number of anilines is 1. The summed E-state index contributed by atoms with van der Waals surface area (Å²) in [6.45, 7) is 3.32. The molecule has 1 atom stereocenters. The van der Waals surface area contributed by atoms with Crippen molar-refractivity contribution in [3.05, 3.63) is 40.3 Å². The Kier molecular flexibility index (Phi) is 5.22. The van der Waals surface area contributed by atoms with Crippen LogP contribution < -0.4 is 10.0 Å². The van der Waals surface area contributed by atoms with E-state index in [1.807, 2.05) is 11.4 Å². The summed E-state index contributed by atoms with van der Waals surface area (Å²) in [7, 11) is -3.64. The van der Waals surface area contributed by atoms with E-state index in [1.165, 1.54) is 0 Å². The van der Waals surface area contributed by atoms with Crippen LogP contribution in [-0.2, 0) is 16.6 Å². The second-order valence-electron chi connectivity index (χ2n) is 5.91. The highest BCUT2D eigenvalue weighted by atomic mass is 32.2. The number of sulfonamides is 1. The first-order chi connectivity index (χ1) is 12.0. The van der Waals surface area contributed by atoms with Crippen molar-refractivity contribution in [2.75, 3.05) is 18.4 Å². The number of nitriles is 1. The zero-order chi connectivity index (χ0) is 17.9. The van der Waals surface area contributed by atoms with Crippen LogP contribution in [0, 0.1) is 18.4 Å². The van der Waals surface area contributed by atoms with Crippen molar-refractivity contribution in [3.8, 4) is 6.19 Å². The molecule has 1 aromatic carbocycles. The molecule has 9 heteroatoms. The number of rotatable bonds is 6. The monoisotopic (exact) mass is 377 g/mol. The summed E-state index contributed by atoms with van der Waals surface area (Å²) in [5.74, 6) is 0. The van der Waals surface area contributed by atoms with Crippen molar-refractivity contribution in [2.45, 2.75) is 30.8 Å². The Morgan fingerprint density at radius 3 is 3.00 bits per heavy atom. The third-order valence-corrected chi connectivity index (χ3v) is 6.50. The Hall–Kier alpha value is -2.15. The van der Waals surface area contributed by atoms with Crippen molar-refractivity contribution in [1.82, 2.24) is 14.6 Å². The Bertz CT molecular complexity index is 874. The maximum absolute atomic E-state index is 12.7. The topological polar surface area (TPSA) is 98.1 Å². The lowest BCUT2D eigenvalue weighted by Gasteiger charge is -2.15. The average Bonchev–Trinajstić information content (AvgIpc) is 3.25. The van der Waals surface area contributed by atoms with E-state index in [9.17, 15) is 8.42 Å². The van der Waals surface area contributed by atoms with Crippen molar-refractivity contribution in [1.29, 1.82) is 5.26 Å².